The fraction of sp³-hybridized carbons (Fsp3) is 0.533. The molecule has 102 valence electrons. The first-order valence-corrected chi connectivity index (χ1v) is 6.78. The Labute approximate surface area is 112 Å². The summed E-state index contributed by atoms with van der Waals surface area (Å²) < 4.78 is 18.0. The molecule has 0 aliphatic carbocycles. The second-order valence-electron chi connectivity index (χ2n) is 5.43. The molecule has 0 spiro atoms. The van der Waals surface area contributed by atoms with Gasteiger partial charge >= 0.3 is 5.97 Å². The molecular formula is C15H18FNO2. The summed E-state index contributed by atoms with van der Waals surface area (Å²) in [5.41, 5.74) is 0.655. The van der Waals surface area contributed by atoms with Crippen molar-refractivity contribution in [2.45, 2.75) is 37.3 Å². The molecule has 2 aliphatic heterocycles. The lowest BCUT2D eigenvalue weighted by molar-refractivity contribution is -0.152. The van der Waals surface area contributed by atoms with Crippen LogP contribution in [-0.4, -0.2) is 30.1 Å². The van der Waals surface area contributed by atoms with Crippen LogP contribution in [0.1, 0.15) is 37.3 Å². The maximum Gasteiger partial charge on any atom is 0.326 e. The van der Waals surface area contributed by atoms with E-state index in [0.29, 0.717) is 0 Å². The highest BCUT2D eigenvalue weighted by molar-refractivity contribution is 5.81. The third-order valence-electron chi connectivity index (χ3n) is 4.57. The van der Waals surface area contributed by atoms with E-state index in [4.69, 9.17) is 4.74 Å². The number of esters is 1. The minimum Gasteiger partial charge on any atom is -0.468 e. The van der Waals surface area contributed by atoms with E-state index in [1.165, 1.54) is 19.2 Å². The predicted molar refractivity (Wildman–Crippen MR) is 69.1 cm³/mol. The van der Waals surface area contributed by atoms with E-state index in [1.807, 2.05) is 12.1 Å². The van der Waals surface area contributed by atoms with Gasteiger partial charge < -0.3 is 4.74 Å². The van der Waals surface area contributed by atoms with Crippen LogP contribution in [0.2, 0.25) is 0 Å². The fourth-order valence-corrected chi connectivity index (χ4v) is 3.70. The Morgan fingerprint density at radius 1 is 1.37 bits per heavy atom. The Hall–Kier alpha value is -1.42. The van der Waals surface area contributed by atoms with Crippen LogP contribution in [0.5, 0.6) is 0 Å². The molecule has 2 fully saturated rings. The molecular weight excluding hydrogens is 245 g/mol. The zero-order valence-electron chi connectivity index (χ0n) is 11.1. The Bertz CT molecular complexity index is 487. The average Bonchev–Trinajstić information content (AvgIpc) is 2.98. The Morgan fingerprint density at radius 2 is 2.11 bits per heavy atom. The van der Waals surface area contributed by atoms with Crippen molar-refractivity contribution in [3.63, 3.8) is 0 Å². The van der Waals surface area contributed by atoms with Crippen LogP contribution in [0.15, 0.2) is 24.3 Å². The van der Waals surface area contributed by atoms with Crippen LogP contribution in [0.3, 0.4) is 0 Å². The van der Waals surface area contributed by atoms with Crippen molar-refractivity contribution in [3.05, 3.63) is 35.6 Å². The van der Waals surface area contributed by atoms with E-state index < -0.39 is 5.54 Å². The molecule has 4 heteroatoms. The zero-order chi connectivity index (χ0) is 13.5. The lowest BCUT2D eigenvalue weighted by Crippen LogP contribution is -2.47. The summed E-state index contributed by atoms with van der Waals surface area (Å²) in [4.78, 5) is 14.4. The summed E-state index contributed by atoms with van der Waals surface area (Å²) in [5, 5.41) is 0. The molecule has 3 nitrogen and oxygen atoms in total. The monoisotopic (exact) mass is 263 g/mol. The summed E-state index contributed by atoms with van der Waals surface area (Å²) >= 11 is 0. The molecule has 0 amide bonds. The van der Waals surface area contributed by atoms with Crippen LogP contribution in [-0.2, 0) is 9.53 Å². The maximum atomic E-state index is 13.0. The Morgan fingerprint density at radius 3 is 2.79 bits per heavy atom. The number of hydrogen-bond donors (Lipinski definition) is 0. The van der Waals surface area contributed by atoms with Gasteiger partial charge in [-0.1, -0.05) is 12.1 Å². The van der Waals surface area contributed by atoms with Crippen molar-refractivity contribution in [3.8, 4) is 0 Å². The van der Waals surface area contributed by atoms with Gasteiger partial charge in [0.1, 0.15) is 11.4 Å². The van der Waals surface area contributed by atoms with Gasteiger partial charge in [-0.3, -0.25) is 9.69 Å². The average molecular weight is 263 g/mol. The molecule has 0 aromatic heterocycles. The van der Waals surface area contributed by atoms with E-state index in [1.54, 1.807) is 0 Å². The Kier molecular flexibility index (Phi) is 3.05. The minimum atomic E-state index is -0.437. The number of benzene rings is 1. The summed E-state index contributed by atoms with van der Waals surface area (Å²) in [6.45, 7) is 0.914. The molecule has 1 aromatic carbocycles. The standard InChI is InChI=1S/C15H18FNO2/c1-19-14(18)15-8-2-10-17(15)13(7-9-15)11-3-5-12(16)6-4-11/h3-6,13H,2,7-10H2,1H3/t13-,15?/m0/s1. The zero-order valence-corrected chi connectivity index (χ0v) is 11.1. The number of methoxy groups -OCH3 is 1. The number of carbonyl (C=O) groups excluding carboxylic acids is 1. The van der Waals surface area contributed by atoms with Crippen molar-refractivity contribution in [1.29, 1.82) is 0 Å². The van der Waals surface area contributed by atoms with Crippen molar-refractivity contribution < 1.29 is 13.9 Å². The van der Waals surface area contributed by atoms with Gasteiger partial charge in [-0.25, -0.2) is 4.39 Å². The Balaban J connectivity index is 1.90. The lowest BCUT2D eigenvalue weighted by atomic mass is 9.94. The molecule has 2 saturated heterocycles. The highest BCUT2D eigenvalue weighted by atomic mass is 19.1. The van der Waals surface area contributed by atoms with Gasteiger partial charge in [0, 0.05) is 6.04 Å². The maximum absolute atomic E-state index is 13.0. The van der Waals surface area contributed by atoms with Crippen LogP contribution < -0.4 is 0 Å². The number of halogens is 1. The number of nitrogens with zero attached hydrogens (tertiary/aromatic N) is 1. The van der Waals surface area contributed by atoms with Gasteiger partial charge in [-0.05, 0) is 49.9 Å². The van der Waals surface area contributed by atoms with Crippen LogP contribution >= 0.6 is 0 Å². The van der Waals surface area contributed by atoms with Crippen molar-refractivity contribution >= 4 is 5.97 Å². The minimum absolute atomic E-state index is 0.116. The quantitative estimate of drug-likeness (QED) is 0.768. The highest BCUT2D eigenvalue weighted by Crippen LogP contribution is 2.49. The number of hydrogen-bond acceptors (Lipinski definition) is 3. The molecule has 1 unspecified atom stereocenters. The van der Waals surface area contributed by atoms with Crippen LogP contribution in [0.4, 0.5) is 4.39 Å². The van der Waals surface area contributed by atoms with Crippen LogP contribution in [0, 0.1) is 5.82 Å². The normalized spacial score (nSPS) is 30.3. The fourth-order valence-electron chi connectivity index (χ4n) is 3.70. The molecule has 0 bridgehead atoms. The van der Waals surface area contributed by atoms with E-state index >= 15 is 0 Å². The van der Waals surface area contributed by atoms with Gasteiger partial charge in [0.25, 0.3) is 0 Å². The molecule has 2 heterocycles. The smallest absolute Gasteiger partial charge is 0.326 e. The topological polar surface area (TPSA) is 29.5 Å². The molecule has 2 aliphatic rings. The largest absolute Gasteiger partial charge is 0.468 e. The number of ether oxygens (including phenoxy) is 1. The molecule has 0 N–H and O–H groups in total. The molecule has 0 saturated carbocycles. The summed E-state index contributed by atoms with van der Waals surface area (Å²) in [6, 6.07) is 6.84. The second-order valence-corrected chi connectivity index (χ2v) is 5.43. The third-order valence-corrected chi connectivity index (χ3v) is 4.57. The lowest BCUT2D eigenvalue weighted by Gasteiger charge is -2.32. The van der Waals surface area contributed by atoms with Crippen molar-refractivity contribution in [2.75, 3.05) is 13.7 Å². The number of rotatable bonds is 2. The second kappa shape index (κ2) is 4.60. The van der Waals surface area contributed by atoms with E-state index in [-0.39, 0.29) is 17.8 Å². The molecule has 0 radical (unpaired) electrons. The molecule has 19 heavy (non-hydrogen) atoms. The van der Waals surface area contributed by atoms with E-state index in [2.05, 4.69) is 4.90 Å². The number of carbonyl (C=O) groups is 1. The van der Waals surface area contributed by atoms with Crippen molar-refractivity contribution in [1.82, 2.24) is 4.90 Å². The van der Waals surface area contributed by atoms with E-state index in [9.17, 15) is 9.18 Å². The molecule has 3 rings (SSSR count). The van der Waals surface area contributed by atoms with Gasteiger partial charge in [0.05, 0.1) is 7.11 Å². The van der Waals surface area contributed by atoms with Gasteiger partial charge in [0.15, 0.2) is 0 Å². The van der Waals surface area contributed by atoms with Crippen molar-refractivity contribution in [2.24, 2.45) is 0 Å². The first-order valence-electron chi connectivity index (χ1n) is 6.78. The van der Waals surface area contributed by atoms with Gasteiger partial charge in [-0.2, -0.15) is 0 Å². The molecule has 2 atom stereocenters. The molecule has 1 aromatic rings. The SMILES string of the molecule is COC(=O)C12CCCN1[C@H](c1ccc(F)cc1)CC2. The summed E-state index contributed by atoms with van der Waals surface area (Å²) in [5.74, 6) is -0.336. The van der Waals surface area contributed by atoms with Crippen LogP contribution in [0.25, 0.3) is 0 Å². The third kappa shape index (κ3) is 1.86. The van der Waals surface area contributed by atoms with Gasteiger partial charge in [-0.15, -0.1) is 0 Å². The van der Waals surface area contributed by atoms with E-state index in [0.717, 1.165) is 37.8 Å². The first kappa shape index (κ1) is 12.6. The summed E-state index contributed by atoms with van der Waals surface area (Å²) in [6.07, 6.45) is 3.66. The number of fused-ring (bicyclic) bond motifs is 1. The van der Waals surface area contributed by atoms with Gasteiger partial charge in [0.2, 0.25) is 0 Å². The summed E-state index contributed by atoms with van der Waals surface area (Å²) in [7, 11) is 1.46. The highest BCUT2D eigenvalue weighted by Gasteiger charge is 2.55. The predicted octanol–water partition coefficient (Wildman–Crippen LogP) is 2.67. The first-order chi connectivity index (χ1) is 9.17.